The Morgan fingerprint density at radius 2 is 1.82 bits per heavy atom. The van der Waals surface area contributed by atoms with Crippen LogP contribution in [0.2, 0.25) is 0 Å². The average molecular weight is 542 g/mol. The van der Waals surface area contributed by atoms with Crippen molar-refractivity contribution >= 4 is 39.8 Å². The van der Waals surface area contributed by atoms with Crippen LogP contribution in [0.25, 0.3) is 38.6 Å². The largest absolute Gasteiger partial charge is 0.444 e. The van der Waals surface area contributed by atoms with E-state index < -0.39 is 5.60 Å². The zero-order valence-corrected chi connectivity index (χ0v) is 23.6. The summed E-state index contributed by atoms with van der Waals surface area (Å²) >= 11 is 0. The van der Waals surface area contributed by atoms with Crippen LogP contribution in [-0.2, 0) is 11.8 Å². The molecule has 1 fully saturated rings. The molecule has 2 N–H and O–H groups in total. The number of carbonyl (C=O) groups is 1. The Kier molecular flexibility index (Phi) is 7.18. The quantitative estimate of drug-likeness (QED) is 0.379. The van der Waals surface area contributed by atoms with Gasteiger partial charge in [0.05, 0.1) is 28.4 Å². The first-order chi connectivity index (χ1) is 19.1. The van der Waals surface area contributed by atoms with Gasteiger partial charge in [0.1, 0.15) is 5.60 Å². The highest BCUT2D eigenvalue weighted by molar-refractivity contribution is 6.09. The standard InChI is InChI=1S/C30H35N7O3/c1-30(2,3)40-29(39)36-12-10-22(11-13-36)37-27-23-14-19(6-9-25(23)34-18-26(27)35(5)28(37)38)20-7-8-24(33-17-20)21(15-31)16-32-4/h6-9,14-18,22H,10-13,31H2,1-5H3. The molecule has 5 rings (SSSR count). The molecule has 0 saturated carbocycles. The van der Waals surface area contributed by atoms with Crippen LogP contribution in [0.5, 0.6) is 0 Å². The third kappa shape index (κ3) is 5.09. The number of hydrogen-bond acceptors (Lipinski definition) is 7. The molecule has 0 unspecified atom stereocenters. The summed E-state index contributed by atoms with van der Waals surface area (Å²) < 4.78 is 9.10. The molecule has 0 aliphatic carbocycles. The first-order valence-corrected chi connectivity index (χ1v) is 13.4. The molecule has 0 radical (unpaired) electrons. The van der Waals surface area contributed by atoms with Crippen molar-refractivity contribution in [2.75, 3.05) is 20.1 Å². The first-order valence-electron chi connectivity index (χ1n) is 13.4. The minimum Gasteiger partial charge on any atom is -0.444 e. The number of nitrogens with zero attached hydrogens (tertiary/aromatic N) is 6. The zero-order valence-electron chi connectivity index (χ0n) is 23.6. The minimum atomic E-state index is -0.548. The second-order valence-electron chi connectivity index (χ2n) is 11.1. The van der Waals surface area contributed by atoms with Crippen molar-refractivity contribution in [3.05, 3.63) is 65.1 Å². The molecule has 0 atom stereocenters. The molecule has 4 aromatic rings. The molecular formula is C30H35N7O3. The third-order valence-electron chi connectivity index (χ3n) is 7.24. The van der Waals surface area contributed by atoms with Gasteiger partial charge in [0.15, 0.2) is 0 Å². The number of amides is 1. The fourth-order valence-corrected chi connectivity index (χ4v) is 5.25. The summed E-state index contributed by atoms with van der Waals surface area (Å²) in [6.45, 7) is 6.63. The second kappa shape index (κ2) is 10.6. The van der Waals surface area contributed by atoms with Crippen LogP contribution in [0, 0.1) is 0 Å². The normalized spacial score (nSPS) is 15.4. The van der Waals surface area contributed by atoms with Crippen LogP contribution in [0.1, 0.15) is 45.3 Å². The Hall–Kier alpha value is -4.47. The van der Waals surface area contributed by atoms with Crippen LogP contribution >= 0.6 is 0 Å². The molecule has 1 amide bonds. The number of imidazole rings is 1. The molecular weight excluding hydrogens is 506 g/mol. The lowest BCUT2D eigenvalue weighted by atomic mass is 10.0. The number of pyridine rings is 2. The van der Waals surface area contributed by atoms with Crippen LogP contribution in [0.15, 0.2) is 58.7 Å². The summed E-state index contributed by atoms with van der Waals surface area (Å²) in [5.74, 6) is 0. The highest BCUT2D eigenvalue weighted by atomic mass is 16.6. The van der Waals surface area contributed by atoms with Crippen molar-refractivity contribution in [3.8, 4) is 11.1 Å². The summed E-state index contributed by atoms with van der Waals surface area (Å²) in [6.07, 6.45) is 7.73. The van der Waals surface area contributed by atoms with Gasteiger partial charge in [-0.15, -0.1) is 0 Å². The van der Waals surface area contributed by atoms with E-state index in [4.69, 9.17) is 10.5 Å². The number of carbonyl (C=O) groups excluding carboxylic acids is 1. The van der Waals surface area contributed by atoms with Crippen LogP contribution in [0.3, 0.4) is 0 Å². The van der Waals surface area contributed by atoms with E-state index in [-0.39, 0.29) is 17.8 Å². The van der Waals surface area contributed by atoms with Gasteiger partial charge in [-0.05, 0) is 57.4 Å². The number of likely N-dealkylation sites (tertiary alicyclic amines) is 1. The molecule has 0 spiro atoms. The number of ether oxygens (including phenoxy) is 1. The number of benzene rings is 1. The Balaban J connectivity index is 1.52. The van der Waals surface area contributed by atoms with E-state index in [9.17, 15) is 9.59 Å². The fraction of sp³-hybridized carbons (Fsp3) is 0.367. The average Bonchev–Trinajstić information content (AvgIpc) is 3.20. The minimum absolute atomic E-state index is 0.0493. The molecule has 10 heteroatoms. The van der Waals surface area contributed by atoms with Crippen molar-refractivity contribution in [1.29, 1.82) is 0 Å². The van der Waals surface area contributed by atoms with E-state index in [1.807, 2.05) is 55.8 Å². The highest BCUT2D eigenvalue weighted by Gasteiger charge is 2.30. The number of rotatable bonds is 4. The van der Waals surface area contributed by atoms with Crippen molar-refractivity contribution in [3.63, 3.8) is 0 Å². The lowest BCUT2D eigenvalue weighted by Gasteiger charge is -2.33. The van der Waals surface area contributed by atoms with Crippen LogP contribution < -0.4 is 11.4 Å². The zero-order chi connectivity index (χ0) is 28.6. The molecule has 3 aromatic heterocycles. The fourth-order valence-electron chi connectivity index (χ4n) is 5.25. The van der Waals surface area contributed by atoms with E-state index >= 15 is 0 Å². The van der Waals surface area contributed by atoms with Gasteiger partial charge in [-0.1, -0.05) is 12.1 Å². The predicted octanol–water partition coefficient (Wildman–Crippen LogP) is 4.52. The van der Waals surface area contributed by atoms with E-state index in [1.165, 1.54) is 6.20 Å². The number of piperidine rings is 1. The van der Waals surface area contributed by atoms with Gasteiger partial charge in [0, 0.05) is 68.4 Å². The third-order valence-corrected chi connectivity index (χ3v) is 7.24. The van der Waals surface area contributed by atoms with Crippen molar-refractivity contribution in [2.24, 2.45) is 17.8 Å². The summed E-state index contributed by atoms with van der Waals surface area (Å²) in [6, 6.07) is 9.91. The lowest BCUT2D eigenvalue weighted by molar-refractivity contribution is 0.0188. The molecule has 4 heterocycles. The van der Waals surface area contributed by atoms with Gasteiger partial charge in [-0.25, -0.2) is 9.59 Å². The molecule has 1 aromatic carbocycles. The Morgan fingerprint density at radius 3 is 2.45 bits per heavy atom. The molecule has 1 saturated heterocycles. The van der Waals surface area contributed by atoms with Gasteiger partial charge < -0.3 is 15.4 Å². The van der Waals surface area contributed by atoms with Crippen molar-refractivity contribution in [1.82, 2.24) is 24.0 Å². The Bertz CT molecular complexity index is 1680. The van der Waals surface area contributed by atoms with E-state index in [1.54, 1.807) is 36.0 Å². The molecule has 1 aliphatic rings. The van der Waals surface area contributed by atoms with E-state index in [0.717, 1.165) is 44.3 Å². The van der Waals surface area contributed by atoms with Gasteiger partial charge in [-0.2, -0.15) is 0 Å². The molecule has 40 heavy (non-hydrogen) atoms. The van der Waals surface area contributed by atoms with E-state index in [2.05, 4.69) is 21.0 Å². The van der Waals surface area contributed by atoms with Crippen LogP contribution in [-0.4, -0.2) is 62.0 Å². The van der Waals surface area contributed by atoms with Gasteiger partial charge in [0.25, 0.3) is 0 Å². The van der Waals surface area contributed by atoms with Gasteiger partial charge in [-0.3, -0.25) is 24.1 Å². The first kappa shape index (κ1) is 27.1. The van der Waals surface area contributed by atoms with Crippen molar-refractivity contribution in [2.45, 2.75) is 45.3 Å². The Morgan fingerprint density at radius 1 is 1.10 bits per heavy atom. The molecule has 10 nitrogen and oxygen atoms in total. The monoisotopic (exact) mass is 541 g/mol. The maximum atomic E-state index is 13.5. The predicted molar refractivity (Wildman–Crippen MR) is 158 cm³/mol. The molecule has 208 valence electrons. The SMILES string of the molecule is CN=CC(=CN)c1ccc(-c2ccc3ncc4c(c3c2)n(C2CCN(C(=O)OC(C)(C)C)CC2)c(=O)n4C)cn1. The summed E-state index contributed by atoms with van der Waals surface area (Å²) in [5, 5.41) is 0.895. The van der Waals surface area contributed by atoms with Crippen LogP contribution in [0.4, 0.5) is 4.79 Å². The van der Waals surface area contributed by atoms with Gasteiger partial charge >= 0.3 is 11.8 Å². The van der Waals surface area contributed by atoms with E-state index in [0.29, 0.717) is 25.9 Å². The number of hydrogen-bond donors (Lipinski definition) is 1. The van der Waals surface area contributed by atoms with Crippen molar-refractivity contribution < 1.29 is 9.53 Å². The topological polar surface area (TPSA) is 121 Å². The molecule has 1 aliphatic heterocycles. The second-order valence-corrected chi connectivity index (χ2v) is 11.1. The number of aryl methyl sites for hydroxylation is 1. The summed E-state index contributed by atoms with van der Waals surface area (Å²) in [7, 11) is 3.47. The number of allylic oxidation sites excluding steroid dienone is 1. The maximum Gasteiger partial charge on any atom is 0.410 e. The smallest absolute Gasteiger partial charge is 0.410 e. The molecule has 0 bridgehead atoms. The number of nitrogens with two attached hydrogens (primary N) is 1. The number of fused-ring (bicyclic) bond motifs is 3. The van der Waals surface area contributed by atoms with Gasteiger partial charge in [0.2, 0.25) is 0 Å². The summed E-state index contributed by atoms with van der Waals surface area (Å²) in [5.41, 5.74) is 10.9. The Labute approximate surface area is 232 Å². The number of aromatic nitrogens is 4. The summed E-state index contributed by atoms with van der Waals surface area (Å²) in [4.78, 5) is 41.1. The lowest BCUT2D eigenvalue weighted by Crippen LogP contribution is -2.43. The maximum absolute atomic E-state index is 13.5. The number of aliphatic imine (C=N–C) groups is 1. The highest BCUT2D eigenvalue weighted by Crippen LogP contribution is 2.32.